The van der Waals surface area contributed by atoms with E-state index in [0.29, 0.717) is 12.0 Å². The molecule has 1 N–H and O–H groups in total. The molecule has 0 spiro atoms. The molecule has 2 unspecified atom stereocenters. The third kappa shape index (κ3) is 3.52. The molecule has 21 heavy (non-hydrogen) atoms. The maximum atomic E-state index is 5.47. The first-order valence-electron chi connectivity index (χ1n) is 7.38. The van der Waals surface area contributed by atoms with Gasteiger partial charge in [-0.1, -0.05) is 15.9 Å². The van der Waals surface area contributed by atoms with Crippen molar-refractivity contribution in [3.05, 3.63) is 22.2 Å². The molecule has 1 saturated heterocycles. The number of hydrogen-bond acceptors (Lipinski definition) is 4. The van der Waals surface area contributed by atoms with Gasteiger partial charge in [0.2, 0.25) is 0 Å². The third-order valence-electron chi connectivity index (χ3n) is 4.29. The van der Waals surface area contributed by atoms with Crippen molar-refractivity contribution in [1.82, 2.24) is 10.2 Å². The van der Waals surface area contributed by atoms with E-state index in [1.807, 2.05) is 13.1 Å². The first-order chi connectivity index (χ1) is 10.1. The molecular weight excluding hydrogens is 332 g/mol. The maximum absolute atomic E-state index is 5.47. The molecule has 1 aliphatic heterocycles. The van der Waals surface area contributed by atoms with Crippen LogP contribution >= 0.6 is 15.9 Å². The van der Waals surface area contributed by atoms with Crippen LogP contribution in [0.4, 0.5) is 0 Å². The van der Waals surface area contributed by atoms with Crippen molar-refractivity contribution in [3.8, 4) is 11.5 Å². The second kappa shape index (κ2) is 7.47. The average molecular weight is 357 g/mol. The smallest absolute Gasteiger partial charge is 0.161 e. The molecule has 118 valence electrons. The van der Waals surface area contributed by atoms with Crippen LogP contribution in [0.5, 0.6) is 11.5 Å². The molecule has 0 amide bonds. The molecule has 0 radical (unpaired) electrons. The van der Waals surface area contributed by atoms with Gasteiger partial charge in [-0.3, -0.25) is 4.90 Å². The summed E-state index contributed by atoms with van der Waals surface area (Å²) in [6.45, 7) is 2.15. The van der Waals surface area contributed by atoms with Crippen LogP contribution in [-0.4, -0.2) is 46.3 Å². The summed E-state index contributed by atoms with van der Waals surface area (Å²) < 4.78 is 11.9. The van der Waals surface area contributed by atoms with Crippen LogP contribution in [0.3, 0.4) is 0 Å². The van der Waals surface area contributed by atoms with E-state index in [9.17, 15) is 0 Å². The van der Waals surface area contributed by atoms with Crippen molar-refractivity contribution < 1.29 is 9.47 Å². The van der Waals surface area contributed by atoms with Crippen molar-refractivity contribution in [3.63, 3.8) is 0 Å². The monoisotopic (exact) mass is 356 g/mol. The van der Waals surface area contributed by atoms with E-state index in [-0.39, 0.29) is 0 Å². The minimum Gasteiger partial charge on any atom is -0.493 e. The summed E-state index contributed by atoms with van der Waals surface area (Å²) in [5, 5.41) is 3.33. The van der Waals surface area contributed by atoms with Crippen molar-refractivity contribution in [2.45, 2.75) is 18.9 Å². The molecule has 1 aromatic rings. The molecule has 2 rings (SSSR count). The number of benzene rings is 1. The van der Waals surface area contributed by atoms with Gasteiger partial charge in [0.15, 0.2) is 11.5 Å². The number of methoxy groups -OCH3 is 2. The summed E-state index contributed by atoms with van der Waals surface area (Å²) >= 11 is 3.71. The van der Waals surface area contributed by atoms with Crippen molar-refractivity contribution >= 4 is 15.9 Å². The van der Waals surface area contributed by atoms with Crippen molar-refractivity contribution in [1.29, 1.82) is 0 Å². The van der Waals surface area contributed by atoms with Gasteiger partial charge in [-0.05, 0) is 63.6 Å². The van der Waals surface area contributed by atoms with Crippen LogP contribution in [0.2, 0.25) is 0 Å². The van der Waals surface area contributed by atoms with Crippen molar-refractivity contribution in [2.75, 3.05) is 41.4 Å². The number of hydrogen-bond donors (Lipinski definition) is 1. The highest BCUT2D eigenvalue weighted by Crippen LogP contribution is 2.42. The highest BCUT2D eigenvalue weighted by atomic mass is 79.9. The lowest BCUT2D eigenvalue weighted by Crippen LogP contribution is -2.40. The average Bonchev–Trinajstić information content (AvgIpc) is 2.48. The molecule has 4 nitrogen and oxygen atoms in total. The highest BCUT2D eigenvalue weighted by Gasteiger charge is 2.32. The fourth-order valence-corrected chi connectivity index (χ4v) is 3.88. The van der Waals surface area contributed by atoms with Gasteiger partial charge in [-0.2, -0.15) is 0 Å². The van der Waals surface area contributed by atoms with Crippen LogP contribution < -0.4 is 14.8 Å². The van der Waals surface area contributed by atoms with Gasteiger partial charge >= 0.3 is 0 Å². The van der Waals surface area contributed by atoms with Crippen LogP contribution in [0.25, 0.3) is 0 Å². The number of halogens is 1. The molecule has 1 heterocycles. The first-order valence-corrected chi connectivity index (χ1v) is 8.18. The van der Waals surface area contributed by atoms with Gasteiger partial charge in [-0.25, -0.2) is 0 Å². The van der Waals surface area contributed by atoms with Gasteiger partial charge in [0.1, 0.15) is 0 Å². The molecule has 0 bridgehead atoms. The van der Waals surface area contributed by atoms with Gasteiger partial charge in [0, 0.05) is 10.5 Å². The Morgan fingerprint density at radius 1 is 1.29 bits per heavy atom. The predicted molar refractivity (Wildman–Crippen MR) is 89.3 cm³/mol. The molecule has 0 aliphatic carbocycles. The molecule has 0 saturated carbocycles. The molecular formula is C16H25BrN2O2. The second-order valence-electron chi connectivity index (χ2n) is 5.61. The summed E-state index contributed by atoms with van der Waals surface area (Å²) in [7, 11) is 7.58. The van der Waals surface area contributed by atoms with E-state index < -0.39 is 0 Å². The minimum absolute atomic E-state index is 0.389. The van der Waals surface area contributed by atoms with Crippen molar-refractivity contribution in [2.24, 2.45) is 5.92 Å². The lowest BCUT2D eigenvalue weighted by molar-refractivity contribution is 0.120. The Morgan fingerprint density at radius 2 is 1.95 bits per heavy atom. The first kappa shape index (κ1) is 16.6. The van der Waals surface area contributed by atoms with Gasteiger partial charge < -0.3 is 14.8 Å². The zero-order valence-corrected chi connectivity index (χ0v) is 14.9. The van der Waals surface area contributed by atoms with E-state index in [0.717, 1.165) is 29.1 Å². The number of rotatable bonds is 5. The Hall–Kier alpha value is -0.780. The van der Waals surface area contributed by atoms with Gasteiger partial charge in [-0.15, -0.1) is 0 Å². The van der Waals surface area contributed by atoms with E-state index in [1.165, 1.54) is 18.4 Å². The molecule has 1 aliphatic rings. The summed E-state index contributed by atoms with van der Waals surface area (Å²) in [5.74, 6) is 2.15. The quantitative estimate of drug-likeness (QED) is 0.878. The fraction of sp³-hybridized carbons (Fsp3) is 0.625. The van der Waals surface area contributed by atoms with E-state index in [2.05, 4.69) is 39.3 Å². The molecule has 2 atom stereocenters. The van der Waals surface area contributed by atoms with Gasteiger partial charge in [0.05, 0.1) is 14.2 Å². The summed E-state index contributed by atoms with van der Waals surface area (Å²) in [5.41, 5.74) is 1.27. The summed E-state index contributed by atoms with van der Waals surface area (Å²) in [6, 6.07) is 4.51. The Bertz CT molecular complexity index is 480. The number of nitrogens with one attached hydrogen (secondary N) is 1. The zero-order valence-electron chi connectivity index (χ0n) is 13.3. The largest absolute Gasteiger partial charge is 0.493 e. The van der Waals surface area contributed by atoms with Crippen LogP contribution in [0.15, 0.2) is 16.6 Å². The Labute approximate surface area is 135 Å². The summed E-state index contributed by atoms with van der Waals surface area (Å²) in [6.07, 6.45) is 2.50. The topological polar surface area (TPSA) is 33.7 Å². The lowest BCUT2D eigenvalue weighted by Gasteiger charge is -2.40. The molecule has 5 heteroatoms. The van der Waals surface area contributed by atoms with Crippen LogP contribution in [0, 0.1) is 5.92 Å². The number of likely N-dealkylation sites (tertiary alicyclic amines) is 1. The normalized spacial score (nSPS) is 23.1. The Morgan fingerprint density at radius 3 is 2.57 bits per heavy atom. The highest BCUT2D eigenvalue weighted by molar-refractivity contribution is 9.10. The molecule has 1 fully saturated rings. The van der Waals surface area contributed by atoms with E-state index in [1.54, 1.807) is 14.2 Å². The SMILES string of the molecule is CNCC1CCCN(C)C1c1cc(OC)c(OC)cc1Br. The van der Waals surface area contributed by atoms with Gasteiger partial charge in [0.25, 0.3) is 0 Å². The van der Waals surface area contributed by atoms with Crippen LogP contribution in [0.1, 0.15) is 24.4 Å². The number of nitrogens with zero attached hydrogens (tertiary/aromatic N) is 1. The predicted octanol–water partition coefficient (Wildman–Crippen LogP) is 3.07. The maximum Gasteiger partial charge on any atom is 0.161 e. The van der Waals surface area contributed by atoms with Crippen LogP contribution in [-0.2, 0) is 0 Å². The minimum atomic E-state index is 0.389. The number of ether oxygens (including phenoxy) is 2. The Balaban J connectivity index is 2.41. The van der Waals surface area contributed by atoms with E-state index >= 15 is 0 Å². The Kier molecular flexibility index (Phi) is 5.90. The molecule has 1 aromatic carbocycles. The fourth-order valence-electron chi connectivity index (χ4n) is 3.32. The standard InChI is InChI=1S/C16H25BrN2O2/c1-18-10-11-6-5-7-19(2)16(11)12-8-14(20-3)15(21-4)9-13(12)17/h8-9,11,16,18H,5-7,10H2,1-4H3. The summed E-state index contributed by atoms with van der Waals surface area (Å²) in [4.78, 5) is 2.44. The number of piperidine rings is 1. The zero-order chi connectivity index (χ0) is 15.4. The lowest BCUT2D eigenvalue weighted by atomic mass is 9.84. The second-order valence-corrected chi connectivity index (χ2v) is 6.47. The third-order valence-corrected chi connectivity index (χ3v) is 4.98. The van der Waals surface area contributed by atoms with E-state index in [4.69, 9.17) is 9.47 Å². The molecule has 0 aromatic heterocycles.